The lowest BCUT2D eigenvalue weighted by Gasteiger charge is -2.19. The van der Waals surface area contributed by atoms with Gasteiger partial charge in [0.15, 0.2) is 11.5 Å². The van der Waals surface area contributed by atoms with Crippen LogP contribution in [0.4, 0.5) is 22.9 Å². The van der Waals surface area contributed by atoms with Gasteiger partial charge in [0.05, 0.1) is 5.69 Å². The molecule has 2 heterocycles. The topological polar surface area (TPSA) is 86.6 Å². The van der Waals surface area contributed by atoms with Crippen LogP contribution in [0.1, 0.15) is 70.8 Å². The Bertz CT molecular complexity index is 1650. The summed E-state index contributed by atoms with van der Waals surface area (Å²) in [7, 11) is 4.03. The van der Waals surface area contributed by atoms with E-state index in [0.717, 1.165) is 42.1 Å². The van der Waals surface area contributed by atoms with Crippen molar-refractivity contribution in [1.29, 1.82) is 0 Å². The lowest BCUT2D eigenvalue weighted by Crippen LogP contribution is -2.17. The molecule has 0 atom stereocenters. The highest BCUT2D eigenvalue weighted by atomic mass is 16.1. The first-order valence-corrected chi connectivity index (χ1v) is 16.2. The molecule has 3 aromatic carbocycles. The maximum absolute atomic E-state index is 13.0. The van der Waals surface area contributed by atoms with Crippen molar-refractivity contribution in [2.24, 2.45) is 0 Å². The van der Waals surface area contributed by atoms with Crippen LogP contribution in [0.25, 0.3) is 16.9 Å². The highest BCUT2D eigenvalue weighted by Crippen LogP contribution is 2.28. The van der Waals surface area contributed by atoms with Gasteiger partial charge in [-0.15, -0.1) is 0 Å². The molecule has 3 N–H and O–H groups in total. The minimum absolute atomic E-state index is 0.0369. The summed E-state index contributed by atoms with van der Waals surface area (Å²) in [6.07, 6.45) is 6.71. The molecule has 8 heteroatoms. The first kappa shape index (κ1) is 35.8. The Balaban J connectivity index is 0.000000891. The van der Waals surface area contributed by atoms with Crippen LogP contribution in [-0.2, 0) is 5.41 Å². The third-order valence-corrected chi connectivity index (χ3v) is 7.29. The average Bonchev–Trinajstić information content (AvgIpc) is 3.55. The molecule has 5 aromatic rings. The van der Waals surface area contributed by atoms with Gasteiger partial charge in [-0.25, -0.2) is 9.97 Å². The zero-order chi connectivity index (χ0) is 33.7. The Hall–Kier alpha value is -4.69. The minimum Gasteiger partial charge on any atom is -0.375 e. The number of fused-ring (bicyclic) bond motifs is 1. The van der Waals surface area contributed by atoms with Gasteiger partial charge in [-0.3, -0.25) is 4.79 Å². The number of rotatable bonds is 9. The first-order valence-electron chi connectivity index (χ1n) is 16.2. The van der Waals surface area contributed by atoms with E-state index in [1.54, 1.807) is 6.20 Å². The fourth-order valence-electron chi connectivity index (χ4n) is 4.64. The molecule has 1 amide bonds. The molecule has 0 saturated heterocycles. The van der Waals surface area contributed by atoms with Gasteiger partial charge in [0.25, 0.3) is 5.91 Å². The Labute approximate surface area is 275 Å². The van der Waals surface area contributed by atoms with Gasteiger partial charge < -0.3 is 25.3 Å². The van der Waals surface area contributed by atoms with Gasteiger partial charge in [-0.2, -0.15) is 0 Å². The van der Waals surface area contributed by atoms with Crippen molar-refractivity contribution in [3.63, 3.8) is 0 Å². The Morgan fingerprint density at radius 2 is 1.61 bits per heavy atom. The molecular weight excluding hydrogens is 570 g/mol. The van der Waals surface area contributed by atoms with Crippen molar-refractivity contribution in [2.75, 3.05) is 42.7 Å². The van der Waals surface area contributed by atoms with E-state index in [2.05, 4.69) is 91.8 Å². The second-order valence-electron chi connectivity index (χ2n) is 11.8. The maximum atomic E-state index is 13.0. The molecule has 5 rings (SSSR count). The molecule has 0 unspecified atom stereocenters. The lowest BCUT2D eigenvalue weighted by atomic mass is 9.87. The summed E-state index contributed by atoms with van der Waals surface area (Å²) in [6, 6.07) is 23.8. The molecule has 0 aliphatic rings. The molecular formula is C38H51N7O. The summed E-state index contributed by atoms with van der Waals surface area (Å²) in [5.74, 6) is 0.511. The van der Waals surface area contributed by atoms with E-state index in [4.69, 9.17) is 4.98 Å². The van der Waals surface area contributed by atoms with Crippen molar-refractivity contribution in [1.82, 2.24) is 19.7 Å². The number of amides is 1. The zero-order valence-corrected chi connectivity index (χ0v) is 29.0. The third kappa shape index (κ3) is 9.65. The first-order chi connectivity index (χ1) is 22.1. The minimum atomic E-state index is -0.147. The number of aromatic nitrogens is 3. The van der Waals surface area contributed by atoms with Gasteiger partial charge in [0.2, 0.25) is 0 Å². The number of nitrogens with zero attached hydrogens (tertiary/aromatic N) is 4. The Morgan fingerprint density at radius 1 is 0.935 bits per heavy atom. The number of hydrogen-bond donors (Lipinski definition) is 3. The van der Waals surface area contributed by atoms with Crippen LogP contribution >= 0.6 is 0 Å². The fourth-order valence-corrected chi connectivity index (χ4v) is 4.64. The smallest absolute Gasteiger partial charge is 0.255 e. The normalized spacial score (nSPS) is 10.7. The molecule has 2 aromatic heterocycles. The standard InChI is InChI=1S/C33H36N6O.C3H9N.C2H6/c1-6-19-38(5)28-16-14-26(15-17-28)35-30-31-34-18-20-39(31)22-29(37-30)24-8-7-9-27(21-24)36-32(40)23-10-12-25(13-11-23)33(2,3)4;1-3-4-2;1-2/h7-18,20-22H,6,19H2,1-5H3,(H,35,37)(H,36,40);4H,3H2,1-2H3;1-2H3. The summed E-state index contributed by atoms with van der Waals surface area (Å²) in [5.41, 5.74) is 7.04. The van der Waals surface area contributed by atoms with Gasteiger partial charge in [0.1, 0.15) is 0 Å². The van der Waals surface area contributed by atoms with E-state index in [1.807, 2.05) is 86.2 Å². The van der Waals surface area contributed by atoms with Crippen molar-refractivity contribution >= 4 is 34.4 Å². The van der Waals surface area contributed by atoms with Crippen LogP contribution < -0.4 is 20.9 Å². The third-order valence-electron chi connectivity index (χ3n) is 7.29. The van der Waals surface area contributed by atoms with E-state index in [9.17, 15) is 4.79 Å². The average molecular weight is 622 g/mol. The molecule has 0 spiro atoms. The number of anilines is 4. The number of hydrogen-bond acceptors (Lipinski definition) is 6. The van der Waals surface area contributed by atoms with Crippen LogP contribution in [0.15, 0.2) is 91.4 Å². The molecule has 46 heavy (non-hydrogen) atoms. The van der Waals surface area contributed by atoms with Gasteiger partial charge in [0, 0.05) is 60.4 Å². The zero-order valence-electron chi connectivity index (χ0n) is 29.0. The van der Waals surface area contributed by atoms with Crippen molar-refractivity contribution in [3.8, 4) is 11.3 Å². The SMILES string of the molecule is CC.CCCN(C)c1ccc(Nc2nc(-c3cccc(NC(=O)c4ccc(C(C)(C)C)cc4)c3)cn3ccnc23)cc1.CCNC. The Morgan fingerprint density at radius 3 is 2.22 bits per heavy atom. The summed E-state index contributed by atoms with van der Waals surface area (Å²) in [6.45, 7) is 16.8. The van der Waals surface area contributed by atoms with Crippen LogP contribution in [0.5, 0.6) is 0 Å². The van der Waals surface area contributed by atoms with Crippen molar-refractivity contribution in [2.45, 2.75) is 60.3 Å². The monoisotopic (exact) mass is 621 g/mol. The molecule has 0 fully saturated rings. The van der Waals surface area contributed by atoms with E-state index < -0.39 is 0 Å². The van der Waals surface area contributed by atoms with Crippen LogP contribution in [0, 0.1) is 0 Å². The molecule has 0 radical (unpaired) electrons. The number of benzene rings is 3. The van der Waals surface area contributed by atoms with Crippen LogP contribution in [-0.4, -0.2) is 47.5 Å². The quantitative estimate of drug-likeness (QED) is 0.153. The molecule has 0 aliphatic carbocycles. The predicted octanol–water partition coefficient (Wildman–Crippen LogP) is 8.79. The molecule has 0 saturated carbocycles. The number of carbonyl (C=O) groups is 1. The maximum Gasteiger partial charge on any atom is 0.255 e. The van der Waals surface area contributed by atoms with Crippen LogP contribution in [0.2, 0.25) is 0 Å². The number of imidazole rings is 1. The highest BCUT2D eigenvalue weighted by molar-refractivity contribution is 6.04. The Kier molecular flexibility index (Phi) is 13.3. The molecule has 244 valence electrons. The van der Waals surface area contributed by atoms with E-state index >= 15 is 0 Å². The second-order valence-corrected chi connectivity index (χ2v) is 11.8. The summed E-state index contributed by atoms with van der Waals surface area (Å²) in [5, 5.41) is 9.40. The van der Waals surface area contributed by atoms with E-state index in [0.29, 0.717) is 17.1 Å². The summed E-state index contributed by atoms with van der Waals surface area (Å²) >= 11 is 0. The highest BCUT2D eigenvalue weighted by Gasteiger charge is 2.15. The van der Waals surface area contributed by atoms with E-state index in [1.165, 1.54) is 11.3 Å². The van der Waals surface area contributed by atoms with Gasteiger partial charge in [-0.1, -0.05) is 72.7 Å². The lowest BCUT2D eigenvalue weighted by molar-refractivity contribution is 0.102. The second kappa shape index (κ2) is 17.1. The predicted molar refractivity (Wildman–Crippen MR) is 196 cm³/mol. The summed E-state index contributed by atoms with van der Waals surface area (Å²) < 4.78 is 1.95. The molecule has 8 nitrogen and oxygen atoms in total. The van der Waals surface area contributed by atoms with Gasteiger partial charge in [-0.05, 0) is 79.5 Å². The number of carbonyl (C=O) groups excluding carboxylic acids is 1. The molecule has 0 bridgehead atoms. The fraction of sp³-hybridized carbons (Fsp3) is 0.342. The largest absolute Gasteiger partial charge is 0.375 e. The summed E-state index contributed by atoms with van der Waals surface area (Å²) in [4.78, 5) is 24.6. The number of nitrogens with one attached hydrogen (secondary N) is 3. The molecule has 0 aliphatic heterocycles. The van der Waals surface area contributed by atoms with Gasteiger partial charge >= 0.3 is 0 Å². The van der Waals surface area contributed by atoms with Crippen molar-refractivity contribution < 1.29 is 4.79 Å². The van der Waals surface area contributed by atoms with E-state index in [-0.39, 0.29) is 11.3 Å². The van der Waals surface area contributed by atoms with Crippen LogP contribution in [0.3, 0.4) is 0 Å². The van der Waals surface area contributed by atoms with Crippen molar-refractivity contribution in [3.05, 3.63) is 103 Å².